The summed E-state index contributed by atoms with van der Waals surface area (Å²) in [5, 5.41) is 0. The second kappa shape index (κ2) is 10.4. The van der Waals surface area contributed by atoms with Gasteiger partial charge in [0.2, 0.25) is 0 Å². The standard InChI is InChI=1S/C22H35NO3S/c1-3-5-9-14-22(15-10-6-4-2)19-23(16-11-17-27(24,25)26)18-20-12-7-8-13-21(20)22/h7-8,12-13,18H,3-6,9-11,14-17,19H2,1-2H3. The lowest BCUT2D eigenvalue weighted by atomic mass is 9.69. The number of nitrogens with zero attached hydrogens (tertiary/aromatic N) is 1. The molecule has 2 rings (SSSR count). The summed E-state index contributed by atoms with van der Waals surface area (Å²) in [5.41, 5.74) is 2.83. The van der Waals surface area contributed by atoms with Crippen LogP contribution in [-0.2, 0) is 15.5 Å². The van der Waals surface area contributed by atoms with Crippen LogP contribution in [0, 0.1) is 0 Å². The van der Waals surface area contributed by atoms with Crippen LogP contribution >= 0.6 is 0 Å². The topological polar surface area (TPSA) is 60.2 Å². The fourth-order valence-electron chi connectivity index (χ4n) is 4.38. The summed E-state index contributed by atoms with van der Waals surface area (Å²) in [6, 6.07) is 8.66. The van der Waals surface area contributed by atoms with Gasteiger partial charge in [-0.2, -0.15) is 0 Å². The number of benzene rings is 1. The van der Waals surface area contributed by atoms with E-state index >= 15 is 0 Å². The predicted molar refractivity (Wildman–Crippen MR) is 111 cm³/mol. The van der Waals surface area contributed by atoms with Crippen LogP contribution in [0.2, 0.25) is 0 Å². The van der Waals surface area contributed by atoms with Crippen LogP contribution in [-0.4, -0.2) is 42.6 Å². The van der Waals surface area contributed by atoms with Crippen molar-refractivity contribution in [1.82, 2.24) is 0 Å². The fourth-order valence-corrected chi connectivity index (χ4v) is 4.86. The third-order valence-electron chi connectivity index (χ3n) is 5.72. The summed E-state index contributed by atoms with van der Waals surface area (Å²) in [6.07, 6.45) is 12.3. The van der Waals surface area contributed by atoms with Crippen LogP contribution < -0.4 is 0 Å². The molecular formula is C22H35NO3S. The molecular weight excluding hydrogens is 358 g/mol. The van der Waals surface area contributed by atoms with Gasteiger partial charge in [-0.25, -0.2) is 13.0 Å². The zero-order valence-corrected chi connectivity index (χ0v) is 17.8. The van der Waals surface area contributed by atoms with Crippen LogP contribution in [0.15, 0.2) is 24.3 Å². The first-order valence-corrected chi connectivity index (χ1v) is 12.1. The van der Waals surface area contributed by atoms with Crippen molar-refractivity contribution in [3.05, 3.63) is 35.4 Å². The van der Waals surface area contributed by atoms with E-state index in [9.17, 15) is 13.0 Å². The number of unbranched alkanes of at least 4 members (excludes halogenated alkanes) is 4. The Kier molecular flexibility index (Phi) is 8.49. The van der Waals surface area contributed by atoms with Crippen molar-refractivity contribution in [2.45, 2.75) is 77.0 Å². The highest BCUT2D eigenvalue weighted by molar-refractivity contribution is 7.85. The Hall–Kier alpha value is -1.20. The largest absolute Gasteiger partial charge is 0.748 e. The summed E-state index contributed by atoms with van der Waals surface area (Å²) >= 11 is 0. The van der Waals surface area contributed by atoms with Crippen molar-refractivity contribution in [3.8, 4) is 0 Å². The Bertz CT molecular complexity index is 715. The Balaban J connectivity index is 2.25. The van der Waals surface area contributed by atoms with E-state index in [1.165, 1.54) is 62.5 Å². The molecule has 0 aromatic heterocycles. The minimum absolute atomic E-state index is 0.131. The molecule has 0 unspecified atom stereocenters. The molecule has 0 aliphatic carbocycles. The predicted octanol–water partition coefficient (Wildman–Crippen LogP) is 4.47. The maximum absolute atomic E-state index is 11.0. The van der Waals surface area contributed by atoms with E-state index in [1.807, 2.05) is 0 Å². The maximum Gasteiger partial charge on any atom is 0.171 e. The lowest BCUT2D eigenvalue weighted by molar-refractivity contribution is -0.535. The van der Waals surface area contributed by atoms with E-state index in [0.29, 0.717) is 13.0 Å². The summed E-state index contributed by atoms with van der Waals surface area (Å²) in [7, 11) is -4.14. The Morgan fingerprint density at radius 2 is 1.63 bits per heavy atom. The number of hydrogen-bond acceptors (Lipinski definition) is 3. The molecule has 0 bridgehead atoms. The molecule has 0 saturated carbocycles. The first-order chi connectivity index (χ1) is 12.9. The molecule has 1 aromatic carbocycles. The van der Waals surface area contributed by atoms with Gasteiger partial charge in [0.15, 0.2) is 12.8 Å². The SMILES string of the molecule is CCCCCC1(CCCCC)C[N+](CCCS(=O)(=O)[O-])=Cc2ccccc21. The van der Waals surface area contributed by atoms with Gasteiger partial charge in [0.05, 0.1) is 15.5 Å². The van der Waals surface area contributed by atoms with Crippen LogP contribution in [0.5, 0.6) is 0 Å². The van der Waals surface area contributed by atoms with Gasteiger partial charge < -0.3 is 4.55 Å². The molecule has 0 amide bonds. The molecule has 1 aliphatic heterocycles. The molecule has 27 heavy (non-hydrogen) atoms. The molecule has 0 spiro atoms. The summed E-state index contributed by atoms with van der Waals surface area (Å²) in [6.45, 7) is 6.03. The van der Waals surface area contributed by atoms with Gasteiger partial charge in [0.25, 0.3) is 0 Å². The lowest BCUT2D eigenvalue weighted by Crippen LogP contribution is -2.42. The third kappa shape index (κ3) is 6.72. The summed E-state index contributed by atoms with van der Waals surface area (Å²) in [5.74, 6) is -0.280. The van der Waals surface area contributed by atoms with Gasteiger partial charge in [-0.15, -0.1) is 0 Å². The van der Waals surface area contributed by atoms with E-state index in [0.717, 1.165) is 6.54 Å². The van der Waals surface area contributed by atoms with Crippen molar-refractivity contribution < 1.29 is 17.5 Å². The average molecular weight is 394 g/mol. The molecule has 152 valence electrons. The van der Waals surface area contributed by atoms with Crippen molar-refractivity contribution in [1.29, 1.82) is 0 Å². The minimum Gasteiger partial charge on any atom is -0.748 e. The second-order valence-electron chi connectivity index (χ2n) is 8.00. The highest BCUT2D eigenvalue weighted by Gasteiger charge is 2.40. The maximum atomic E-state index is 11.0. The highest BCUT2D eigenvalue weighted by Crippen LogP contribution is 2.39. The smallest absolute Gasteiger partial charge is 0.171 e. The average Bonchev–Trinajstić information content (AvgIpc) is 2.61. The number of rotatable bonds is 12. The first kappa shape index (κ1) is 22.1. The van der Waals surface area contributed by atoms with E-state index in [-0.39, 0.29) is 11.2 Å². The van der Waals surface area contributed by atoms with Crippen LogP contribution in [0.1, 0.15) is 82.8 Å². The fraction of sp³-hybridized carbons (Fsp3) is 0.682. The van der Waals surface area contributed by atoms with Crippen LogP contribution in [0.4, 0.5) is 0 Å². The molecule has 4 nitrogen and oxygen atoms in total. The number of fused-ring (bicyclic) bond motifs is 1. The Labute approximate surface area is 165 Å². The van der Waals surface area contributed by atoms with E-state index in [4.69, 9.17) is 0 Å². The minimum atomic E-state index is -4.14. The van der Waals surface area contributed by atoms with Gasteiger partial charge in [0, 0.05) is 17.7 Å². The van der Waals surface area contributed by atoms with Crippen molar-refractivity contribution >= 4 is 16.3 Å². The molecule has 5 heteroatoms. The van der Waals surface area contributed by atoms with Gasteiger partial charge in [-0.05, 0) is 24.5 Å². The normalized spacial score (nSPS) is 16.0. The van der Waals surface area contributed by atoms with Crippen molar-refractivity contribution in [2.24, 2.45) is 0 Å². The molecule has 0 N–H and O–H groups in total. The zero-order chi connectivity index (χ0) is 19.8. The quantitative estimate of drug-likeness (QED) is 0.299. The van der Waals surface area contributed by atoms with E-state index < -0.39 is 10.1 Å². The van der Waals surface area contributed by atoms with Crippen molar-refractivity contribution in [2.75, 3.05) is 18.8 Å². The van der Waals surface area contributed by atoms with Gasteiger partial charge in [-0.3, -0.25) is 0 Å². The molecule has 1 aliphatic rings. The Morgan fingerprint density at radius 1 is 1.00 bits per heavy atom. The monoisotopic (exact) mass is 393 g/mol. The molecule has 0 atom stereocenters. The Morgan fingerprint density at radius 3 is 2.22 bits per heavy atom. The lowest BCUT2D eigenvalue weighted by Gasteiger charge is -2.36. The molecule has 0 fully saturated rings. The van der Waals surface area contributed by atoms with Crippen molar-refractivity contribution in [3.63, 3.8) is 0 Å². The molecule has 1 heterocycles. The van der Waals surface area contributed by atoms with Gasteiger partial charge in [0.1, 0.15) is 6.54 Å². The van der Waals surface area contributed by atoms with Gasteiger partial charge in [-0.1, -0.05) is 70.6 Å². The first-order valence-electron chi connectivity index (χ1n) is 10.5. The summed E-state index contributed by atoms with van der Waals surface area (Å²) in [4.78, 5) is 0. The second-order valence-corrected chi connectivity index (χ2v) is 9.52. The van der Waals surface area contributed by atoms with E-state index in [1.54, 1.807) is 0 Å². The summed E-state index contributed by atoms with van der Waals surface area (Å²) < 4.78 is 35.1. The van der Waals surface area contributed by atoms with E-state index in [2.05, 4.69) is 48.9 Å². The molecule has 0 saturated heterocycles. The molecule has 1 aromatic rings. The molecule has 0 radical (unpaired) electrons. The zero-order valence-electron chi connectivity index (χ0n) is 17.0. The number of hydrogen-bond donors (Lipinski definition) is 0. The van der Waals surface area contributed by atoms with Crippen LogP contribution in [0.25, 0.3) is 0 Å². The van der Waals surface area contributed by atoms with Crippen LogP contribution in [0.3, 0.4) is 0 Å². The third-order valence-corrected chi connectivity index (χ3v) is 6.51. The van der Waals surface area contributed by atoms with Gasteiger partial charge >= 0.3 is 0 Å². The highest BCUT2D eigenvalue weighted by atomic mass is 32.2.